The molecule has 0 atom stereocenters. The maximum atomic E-state index is 13.2. The molecular weight excluding hydrogens is 450 g/mol. The Bertz CT molecular complexity index is 1190. The van der Waals surface area contributed by atoms with Crippen LogP contribution >= 0.6 is 11.8 Å². The molecule has 9 heteroatoms. The first-order valence-corrected chi connectivity index (χ1v) is 11.8. The third kappa shape index (κ3) is 6.76. The molecule has 0 spiro atoms. The first kappa shape index (κ1) is 25.1. The highest BCUT2D eigenvalue weighted by molar-refractivity contribution is 7.99. The van der Waals surface area contributed by atoms with Crippen LogP contribution in [-0.2, 0) is 36.2 Å². The Labute approximate surface area is 203 Å². The monoisotopic (exact) mass is 477 g/mol. The fraction of sp³-hybridized carbons (Fsp3) is 0.320. The summed E-state index contributed by atoms with van der Waals surface area (Å²) in [6.07, 6.45) is 4.06. The molecule has 2 heterocycles. The standard InChI is InChI=1S/C25H27N5O3S/c1-29-24(32)21(14-19-8-4-3-5-9-19)22(17-33-2)28-25(29)34-18-23(31)30(13-7-11-26)16-20-10-6-12-27-15-20/h3-6,8-10,12,15H,7,13-14,16-18H2,1-2H3. The van der Waals surface area contributed by atoms with Crippen LogP contribution < -0.4 is 5.56 Å². The van der Waals surface area contributed by atoms with Crippen molar-refractivity contribution in [3.8, 4) is 6.07 Å². The second kappa shape index (κ2) is 12.7. The molecule has 0 aliphatic carbocycles. The highest BCUT2D eigenvalue weighted by atomic mass is 32.2. The van der Waals surface area contributed by atoms with Gasteiger partial charge in [-0.05, 0) is 17.2 Å². The number of methoxy groups -OCH3 is 1. The van der Waals surface area contributed by atoms with Crippen molar-refractivity contribution in [3.05, 3.63) is 87.6 Å². The third-order valence-electron chi connectivity index (χ3n) is 5.20. The number of carbonyl (C=O) groups excluding carboxylic acids is 1. The molecule has 176 valence electrons. The molecule has 0 N–H and O–H groups in total. The number of ether oxygens (including phenoxy) is 1. The number of aromatic nitrogens is 3. The maximum absolute atomic E-state index is 13.2. The van der Waals surface area contributed by atoms with Crippen molar-refractivity contribution in [3.63, 3.8) is 0 Å². The van der Waals surface area contributed by atoms with E-state index in [0.29, 0.717) is 35.9 Å². The summed E-state index contributed by atoms with van der Waals surface area (Å²) < 4.78 is 6.78. The van der Waals surface area contributed by atoms with Crippen LogP contribution in [0.25, 0.3) is 0 Å². The lowest BCUT2D eigenvalue weighted by Gasteiger charge is -2.22. The van der Waals surface area contributed by atoms with Crippen LogP contribution in [0.4, 0.5) is 0 Å². The Balaban J connectivity index is 1.78. The van der Waals surface area contributed by atoms with E-state index in [2.05, 4.69) is 16.0 Å². The van der Waals surface area contributed by atoms with Crippen molar-refractivity contribution in [2.24, 2.45) is 7.05 Å². The summed E-state index contributed by atoms with van der Waals surface area (Å²) in [5.41, 5.74) is 2.90. The van der Waals surface area contributed by atoms with Crippen molar-refractivity contribution in [1.29, 1.82) is 5.26 Å². The average molecular weight is 478 g/mol. The number of carbonyl (C=O) groups is 1. The van der Waals surface area contributed by atoms with Crippen molar-refractivity contribution in [2.75, 3.05) is 19.4 Å². The second-order valence-corrected chi connectivity index (χ2v) is 8.60. The van der Waals surface area contributed by atoms with Gasteiger partial charge in [0, 0.05) is 51.6 Å². The predicted molar refractivity (Wildman–Crippen MR) is 130 cm³/mol. The SMILES string of the molecule is COCc1nc(SCC(=O)N(CCC#N)Cc2cccnc2)n(C)c(=O)c1Cc1ccccc1. The van der Waals surface area contributed by atoms with Gasteiger partial charge in [-0.15, -0.1) is 0 Å². The number of thioether (sulfide) groups is 1. The quantitative estimate of drug-likeness (QED) is 0.309. The molecule has 0 radical (unpaired) electrons. The smallest absolute Gasteiger partial charge is 0.257 e. The van der Waals surface area contributed by atoms with Crippen molar-refractivity contribution >= 4 is 17.7 Å². The van der Waals surface area contributed by atoms with E-state index in [1.54, 1.807) is 31.5 Å². The summed E-state index contributed by atoms with van der Waals surface area (Å²) in [6, 6.07) is 15.5. The van der Waals surface area contributed by atoms with Gasteiger partial charge in [0.2, 0.25) is 5.91 Å². The van der Waals surface area contributed by atoms with E-state index in [0.717, 1.165) is 11.1 Å². The van der Waals surface area contributed by atoms with Gasteiger partial charge >= 0.3 is 0 Å². The van der Waals surface area contributed by atoms with Gasteiger partial charge in [-0.25, -0.2) is 4.98 Å². The highest BCUT2D eigenvalue weighted by Crippen LogP contribution is 2.19. The second-order valence-electron chi connectivity index (χ2n) is 7.65. The van der Waals surface area contributed by atoms with Gasteiger partial charge in [0.05, 0.1) is 30.5 Å². The van der Waals surface area contributed by atoms with Crippen molar-refractivity contribution in [1.82, 2.24) is 19.4 Å². The van der Waals surface area contributed by atoms with Crippen LogP contribution in [0.15, 0.2) is 64.8 Å². The number of hydrogen-bond donors (Lipinski definition) is 0. The molecule has 0 aliphatic rings. The summed E-state index contributed by atoms with van der Waals surface area (Å²) in [5, 5.41) is 9.43. The summed E-state index contributed by atoms with van der Waals surface area (Å²) in [6.45, 7) is 0.892. The van der Waals surface area contributed by atoms with Crippen LogP contribution in [0.3, 0.4) is 0 Å². The van der Waals surface area contributed by atoms with Crippen LogP contribution in [-0.4, -0.2) is 44.7 Å². The number of amides is 1. The van der Waals surface area contributed by atoms with E-state index in [1.807, 2.05) is 42.5 Å². The number of hydrogen-bond acceptors (Lipinski definition) is 7. The molecule has 0 bridgehead atoms. The molecule has 3 aromatic rings. The van der Waals surface area contributed by atoms with E-state index < -0.39 is 0 Å². The van der Waals surface area contributed by atoms with Crippen LogP contribution in [0.1, 0.15) is 28.8 Å². The molecule has 0 saturated carbocycles. The predicted octanol–water partition coefficient (Wildman–Crippen LogP) is 2.95. The minimum absolute atomic E-state index is 0.0937. The zero-order valence-electron chi connectivity index (χ0n) is 19.3. The van der Waals surface area contributed by atoms with Crippen LogP contribution in [0, 0.1) is 11.3 Å². The lowest BCUT2D eigenvalue weighted by Crippen LogP contribution is -2.33. The normalized spacial score (nSPS) is 10.6. The number of benzene rings is 1. The molecule has 34 heavy (non-hydrogen) atoms. The van der Waals surface area contributed by atoms with Gasteiger partial charge < -0.3 is 9.64 Å². The molecule has 2 aromatic heterocycles. The van der Waals surface area contributed by atoms with Crippen molar-refractivity contribution < 1.29 is 9.53 Å². The molecule has 3 rings (SSSR count). The first-order chi connectivity index (χ1) is 16.5. The molecule has 0 aliphatic heterocycles. The molecule has 1 amide bonds. The number of rotatable bonds is 11. The zero-order chi connectivity index (χ0) is 24.3. The topological polar surface area (TPSA) is 101 Å². The molecule has 0 fully saturated rings. The van der Waals surface area contributed by atoms with Crippen LogP contribution in [0.5, 0.6) is 0 Å². The summed E-state index contributed by atoms with van der Waals surface area (Å²) in [7, 11) is 3.23. The van der Waals surface area contributed by atoms with E-state index in [1.165, 1.54) is 16.3 Å². The zero-order valence-corrected chi connectivity index (χ0v) is 20.1. The van der Waals surface area contributed by atoms with E-state index >= 15 is 0 Å². The molecule has 0 saturated heterocycles. The Kier molecular flexibility index (Phi) is 9.38. The van der Waals surface area contributed by atoms with Gasteiger partial charge in [-0.2, -0.15) is 5.26 Å². The van der Waals surface area contributed by atoms with E-state index in [-0.39, 0.29) is 30.2 Å². The maximum Gasteiger partial charge on any atom is 0.257 e. The lowest BCUT2D eigenvalue weighted by molar-refractivity contribution is -0.128. The van der Waals surface area contributed by atoms with Crippen molar-refractivity contribution in [2.45, 2.75) is 31.1 Å². The Morgan fingerprint density at radius 1 is 1.21 bits per heavy atom. The fourth-order valence-electron chi connectivity index (χ4n) is 3.44. The summed E-state index contributed by atoms with van der Waals surface area (Å²) in [4.78, 5) is 36.5. The summed E-state index contributed by atoms with van der Waals surface area (Å²) >= 11 is 1.20. The Hall–Kier alpha value is -3.48. The van der Waals surface area contributed by atoms with Crippen LogP contribution in [0.2, 0.25) is 0 Å². The van der Waals surface area contributed by atoms with E-state index in [9.17, 15) is 9.59 Å². The van der Waals surface area contributed by atoms with Gasteiger partial charge in [-0.1, -0.05) is 48.2 Å². The van der Waals surface area contributed by atoms with E-state index in [4.69, 9.17) is 10.00 Å². The first-order valence-electron chi connectivity index (χ1n) is 10.8. The largest absolute Gasteiger partial charge is 0.378 e. The Morgan fingerprint density at radius 2 is 1.97 bits per heavy atom. The third-order valence-corrected chi connectivity index (χ3v) is 6.22. The molecule has 1 aromatic carbocycles. The highest BCUT2D eigenvalue weighted by Gasteiger charge is 2.19. The average Bonchev–Trinajstić information content (AvgIpc) is 2.86. The molecular formula is C25H27N5O3S. The van der Waals surface area contributed by atoms with Gasteiger partial charge in [0.25, 0.3) is 5.56 Å². The minimum Gasteiger partial charge on any atom is -0.378 e. The number of nitrogens with zero attached hydrogens (tertiary/aromatic N) is 5. The molecule has 8 nitrogen and oxygen atoms in total. The fourth-order valence-corrected chi connectivity index (χ4v) is 4.33. The van der Waals surface area contributed by atoms with Gasteiger partial charge in [-0.3, -0.25) is 19.1 Å². The Morgan fingerprint density at radius 3 is 2.65 bits per heavy atom. The number of pyridine rings is 1. The van der Waals surface area contributed by atoms with Gasteiger partial charge in [0.15, 0.2) is 5.16 Å². The summed E-state index contributed by atoms with van der Waals surface area (Å²) in [5.74, 6) is -0.0452. The minimum atomic E-state index is -0.155. The number of nitriles is 1. The molecule has 0 unspecified atom stereocenters. The lowest BCUT2D eigenvalue weighted by atomic mass is 10.0. The van der Waals surface area contributed by atoms with Gasteiger partial charge in [0.1, 0.15) is 0 Å².